The van der Waals surface area contributed by atoms with Gasteiger partial charge in [0.25, 0.3) is 5.56 Å². The molecule has 3 aromatic heterocycles. The van der Waals surface area contributed by atoms with Gasteiger partial charge >= 0.3 is 0 Å². The van der Waals surface area contributed by atoms with Crippen LogP contribution in [0, 0.1) is 0 Å². The predicted molar refractivity (Wildman–Crippen MR) is 130 cm³/mol. The molecule has 1 fully saturated rings. The van der Waals surface area contributed by atoms with E-state index in [4.69, 9.17) is 16.3 Å². The van der Waals surface area contributed by atoms with Crippen LogP contribution in [0.5, 0.6) is 0 Å². The van der Waals surface area contributed by atoms with Crippen LogP contribution in [0.15, 0.2) is 65.8 Å². The summed E-state index contributed by atoms with van der Waals surface area (Å²) in [5.74, 6) is 0. The molecule has 7 nitrogen and oxygen atoms in total. The number of hydrogen-bond donors (Lipinski definition) is 2. The monoisotopic (exact) mass is 464 g/mol. The summed E-state index contributed by atoms with van der Waals surface area (Å²) in [6, 6.07) is 12.8. The largest absolute Gasteiger partial charge is 0.396 e. The number of anilines is 1. The Bertz CT molecular complexity index is 1330. The summed E-state index contributed by atoms with van der Waals surface area (Å²) < 4.78 is 7.11. The van der Waals surface area contributed by atoms with Crippen LogP contribution in [0.4, 0.5) is 5.69 Å². The molecule has 0 aliphatic carbocycles. The molecule has 0 radical (unpaired) electrons. The Morgan fingerprint density at radius 3 is 2.79 bits per heavy atom. The molecular formula is C25H25ClN4O3. The van der Waals surface area contributed by atoms with Gasteiger partial charge in [-0.3, -0.25) is 4.79 Å². The number of pyridine rings is 2. The third-order valence-electron chi connectivity index (χ3n) is 6.12. The van der Waals surface area contributed by atoms with E-state index in [1.807, 2.05) is 36.7 Å². The number of hydrogen-bond acceptors (Lipinski definition) is 5. The van der Waals surface area contributed by atoms with Crippen molar-refractivity contribution in [3.05, 3.63) is 82.0 Å². The summed E-state index contributed by atoms with van der Waals surface area (Å²) in [5.41, 5.74) is 4.32. The molecule has 170 valence electrons. The number of nitrogens with one attached hydrogen (secondary N) is 1. The van der Waals surface area contributed by atoms with Gasteiger partial charge in [0, 0.05) is 54.1 Å². The second kappa shape index (κ2) is 9.39. The summed E-state index contributed by atoms with van der Waals surface area (Å²) in [6.45, 7) is 3.04. The maximum atomic E-state index is 13.2. The molecule has 1 aromatic carbocycles. The zero-order chi connectivity index (χ0) is 22.8. The lowest BCUT2D eigenvalue weighted by molar-refractivity contribution is 0.122. The normalized spacial score (nSPS) is 15.2. The Balaban J connectivity index is 1.51. The van der Waals surface area contributed by atoms with Crippen molar-refractivity contribution in [3.8, 4) is 11.1 Å². The molecule has 0 saturated carbocycles. The standard InChI is InChI=1S/C25H25ClN4O3/c26-19-3-1-2-18(12-19)23(5-9-31)30-6-4-17(13-24(30)32)22-16-28-25-21(22)14-20(15-27-25)29-7-10-33-11-8-29/h1-4,6,12-16,23,31H,5,7-11H2,(H,27,28). The van der Waals surface area contributed by atoms with Gasteiger partial charge in [-0.2, -0.15) is 0 Å². The molecule has 4 heterocycles. The first kappa shape index (κ1) is 21.7. The van der Waals surface area contributed by atoms with Crippen molar-refractivity contribution >= 4 is 28.3 Å². The maximum Gasteiger partial charge on any atom is 0.251 e. The quantitative estimate of drug-likeness (QED) is 0.453. The van der Waals surface area contributed by atoms with E-state index in [2.05, 4.69) is 20.9 Å². The summed E-state index contributed by atoms with van der Waals surface area (Å²) >= 11 is 6.16. The van der Waals surface area contributed by atoms with Crippen LogP contribution < -0.4 is 10.5 Å². The molecule has 1 aliphatic rings. The topological polar surface area (TPSA) is 83.4 Å². The van der Waals surface area contributed by atoms with E-state index >= 15 is 0 Å². The second-order valence-corrected chi connectivity index (χ2v) is 8.57. The molecule has 33 heavy (non-hydrogen) atoms. The van der Waals surface area contributed by atoms with Crippen molar-refractivity contribution in [3.63, 3.8) is 0 Å². The zero-order valence-corrected chi connectivity index (χ0v) is 18.8. The molecule has 1 saturated heterocycles. The number of aliphatic hydroxyl groups is 1. The van der Waals surface area contributed by atoms with Crippen molar-refractivity contribution < 1.29 is 9.84 Å². The molecule has 0 bridgehead atoms. The number of morpholine rings is 1. The molecule has 1 atom stereocenters. The highest BCUT2D eigenvalue weighted by atomic mass is 35.5. The first-order valence-electron chi connectivity index (χ1n) is 11.0. The fourth-order valence-corrected chi connectivity index (χ4v) is 4.64. The van der Waals surface area contributed by atoms with Crippen molar-refractivity contribution in [2.24, 2.45) is 0 Å². The Morgan fingerprint density at radius 2 is 2.03 bits per heavy atom. The van der Waals surface area contributed by atoms with Crippen LogP contribution >= 0.6 is 11.6 Å². The van der Waals surface area contributed by atoms with Gasteiger partial charge in [-0.25, -0.2) is 4.98 Å². The Hall–Kier alpha value is -3.13. The second-order valence-electron chi connectivity index (χ2n) is 8.14. The highest BCUT2D eigenvalue weighted by molar-refractivity contribution is 6.30. The lowest BCUT2D eigenvalue weighted by Gasteiger charge is -2.28. The van der Waals surface area contributed by atoms with E-state index in [0.717, 1.165) is 46.5 Å². The van der Waals surface area contributed by atoms with Crippen LogP contribution in [-0.2, 0) is 4.74 Å². The Morgan fingerprint density at radius 1 is 1.18 bits per heavy atom. The number of H-pyrrole nitrogens is 1. The van der Waals surface area contributed by atoms with E-state index in [-0.39, 0.29) is 18.2 Å². The Kier molecular flexibility index (Phi) is 6.17. The van der Waals surface area contributed by atoms with Crippen molar-refractivity contribution in [1.29, 1.82) is 0 Å². The number of ether oxygens (including phenoxy) is 1. The minimum absolute atomic E-state index is 0.0379. The van der Waals surface area contributed by atoms with Gasteiger partial charge in [0.05, 0.1) is 31.1 Å². The molecule has 4 aromatic rings. The van der Waals surface area contributed by atoms with Crippen molar-refractivity contribution in [1.82, 2.24) is 14.5 Å². The number of nitrogens with zero attached hydrogens (tertiary/aromatic N) is 3. The summed E-state index contributed by atoms with van der Waals surface area (Å²) in [4.78, 5) is 23.2. The summed E-state index contributed by atoms with van der Waals surface area (Å²) in [5, 5.41) is 11.2. The predicted octanol–water partition coefficient (Wildman–Crippen LogP) is 3.85. The van der Waals surface area contributed by atoms with Crippen LogP contribution in [0.25, 0.3) is 22.2 Å². The maximum absolute atomic E-state index is 13.2. The van der Waals surface area contributed by atoms with Gasteiger partial charge in [0.15, 0.2) is 0 Å². The van der Waals surface area contributed by atoms with Crippen molar-refractivity contribution in [2.75, 3.05) is 37.8 Å². The zero-order valence-electron chi connectivity index (χ0n) is 18.1. The van der Waals surface area contributed by atoms with E-state index in [9.17, 15) is 9.90 Å². The van der Waals surface area contributed by atoms with Crippen LogP contribution in [0.3, 0.4) is 0 Å². The minimum atomic E-state index is -0.298. The highest BCUT2D eigenvalue weighted by Crippen LogP contribution is 2.31. The summed E-state index contributed by atoms with van der Waals surface area (Å²) in [6.07, 6.45) is 5.97. The number of aromatic nitrogens is 3. The SMILES string of the molecule is O=c1cc(-c2c[nH]c3ncc(N4CCOCC4)cc23)ccn1C(CCO)c1cccc(Cl)c1. The van der Waals surface area contributed by atoms with E-state index < -0.39 is 0 Å². The molecule has 0 amide bonds. The number of aliphatic hydroxyl groups excluding tert-OH is 1. The third-order valence-corrected chi connectivity index (χ3v) is 6.36. The smallest absolute Gasteiger partial charge is 0.251 e. The van der Waals surface area contributed by atoms with Crippen molar-refractivity contribution in [2.45, 2.75) is 12.5 Å². The molecule has 2 N–H and O–H groups in total. The molecule has 0 spiro atoms. The molecule has 1 aliphatic heterocycles. The molecule has 8 heteroatoms. The van der Waals surface area contributed by atoms with Gasteiger partial charge in [0.2, 0.25) is 0 Å². The van der Waals surface area contributed by atoms with Gasteiger partial charge in [0.1, 0.15) is 5.65 Å². The van der Waals surface area contributed by atoms with E-state index in [0.29, 0.717) is 24.7 Å². The number of fused-ring (bicyclic) bond motifs is 1. The summed E-state index contributed by atoms with van der Waals surface area (Å²) in [7, 11) is 0. The number of halogens is 1. The third kappa shape index (κ3) is 4.39. The average Bonchev–Trinajstić information content (AvgIpc) is 3.27. The lowest BCUT2D eigenvalue weighted by Crippen LogP contribution is -2.36. The van der Waals surface area contributed by atoms with E-state index in [1.54, 1.807) is 22.9 Å². The lowest BCUT2D eigenvalue weighted by atomic mass is 10.0. The molecular weight excluding hydrogens is 440 g/mol. The average molecular weight is 465 g/mol. The Labute approximate surface area is 196 Å². The van der Waals surface area contributed by atoms with E-state index in [1.165, 1.54) is 0 Å². The minimum Gasteiger partial charge on any atom is -0.396 e. The van der Waals surface area contributed by atoms with Crippen LogP contribution in [-0.4, -0.2) is 52.6 Å². The number of benzene rings is 1. The number of aromatic amines is 1. The molecule has 1 unspecified atom stereocenters. The fourth-order valence-electron chi connectivity index (χ4n) is 4.44. The highest BCUT2D eigenvalue weighted by Gasteiger charge is 2.18. The first-order valence-corrected chi connectivity index (χ1v) is 11.4. The fraction of sp³-hybridized carbons (Fsp3) is 0.280. The van der Waals surface area contributed by atoms with Gasteiger partial charge < -0.3 is 24.3 Å². The van der Waals surface area contributed by atoms with Crippen LogP contribution in [0.2, 0.25) is 5.02 Å². The van der Waals surface area contributed by atoms with Crippen LogP contribution in [0.1, 0.15) is 18.0 Å². The molecule has 5 rings (SSSR count). The number of rotatable bonds is 6. The first-order chi connectivity index (χ1) is 16.1. The van der Waals surface area contributed by atoms with Gasteiger partial charge in [-0.05, 0) is 41.8 Å². The van der Waals surface area contributed by atoms with Gasteiger partial charge in [-0.1, -0.05) is 23.7 Å². The van der Waals surface area contributed by atoms with Gasteiger partial charge in [-0.15, -0.1) is 0 Å².